The average Bonchev–Trinajstić information content (AvgIpc) is 3.00. The van der Waals surface area contributed by atoms with Gasteiger partial charge in [0.15, 0.2) is 16.5 Å². The molecule has 0 unspecified atom stereocenters. The Morgan fingerprint density at radius 3 is 1.29 bits per heavy atom. The third kappa shape index (κ3) is 12.2. The van der Waals surface area contributed by atoms with Crippen molar-refractivity contribution in [1.82, 2.24) is 20.6 Å². The van der Waals surface area contributed by atoms with Gasteiger partial charge in [0, 0.05) is 12.1 Å². The zero-order valence-electron chi connectivity index (χ0n) is 31.4. The zero-order valence-corrected chi connectivity index (χ0v) is 33.4. The number of carbonyl (C=O) groups excluding carboxylic acids is 2. The minimum Gasteiger partial charge on any atom is -0.380 e. The first kappa shape index (κ1) is 40.1. The Morgan fingerprint density at radius 2 is 0.979 bits per heavy atom. The Morgan fingerprint density at radius 1 is 0.646 bits per heavy atom. The predicted molar refractivity (Wildman–Crippen MR) is 203 cm³/mol. The number of carbonyl (C=O) groups is 2. The predicted octanol–water partition coefficient (Wildman–Crippen LogP) is 6.89. The molecule has 2 aromatic carbocycles. The van der Waals surface area contributed by atoms with E-state index in [1.165, 1.54) is 0 Å². The van der Waals surface area contributed by atoms with Gasteiger partial charge in [-0.3, -0.25) is 20.2 Å². The number of ether oxygens (including phenoxy) is 2. The van der Waals surface area contributed by atoms with Crippen LogP contribution in [0.3, 0.4) is 0 Å². The van der Waals surface area contributed by atoms with Crippen molar-refractivity contribution in [3.8, 4) is 0 Å². The highest BCUT2D eigenvalue weighted by atomic mass is 28.3. The van der Waals surface area contributed by atoms with E-state index in [4.69, 9.17) is 9.47 Å². The molecule has 2 aromatic rings. The molecule has 0 heterocycles. The van der Waals surface area contributed by atoms with E-state index < -0.39 is 28.6 Å². The standard InChI is InChI=1S/C38H64N4O4Si2/c1-37(2,3)47(7,8)41-35(43)33(27-45-25-29-19-13-11-14-20-29)39-31-23-17-18-24-32(31)40-34(28-46-26-30-21-15-12-16-22-30)36(44)42-48(9,10)38(4,5)6/h11-16,19-22,31-34,39-40H,17-18,23-28H2,1-10H3,(H,41,43)(H,42,44)/t31-,32-,33-,34-/m0/s1. The molecule has 0 radical (unpaired) electrons. The van der Waals surface area contributed by atoms with Gasteiger partial charge in [0.05, 0.1) is 26.4 Å². The minimum absolute atomic E-state index is 0.00247. The van der Waals surface area contributed by atoms with Gasteiger partial charge in [0.1, 0.15) is 12.1 Å². The monoisotopic (exact) mass is 696 g/mol. The molecule has 0 spiro atoms. The molecule has 10 heteroatoms. The van der Waals surface area contributed by atoms with Gasteiger partial charge in [0.2, 0.25) is 11.8 Å². The molecule has 1 aliphatic carbocycles. The van der Waals surface area contributed by atoms with Crippen LogP contribution in [0.4, 0.5) is 0 Å². The first-order valence-electron chi connectivity index (χ1n) is 17.8. The summed E-state index contributed by atoms with van der Waals surface area (Å²) in [6.07, 6.45) is 3.93. The average molecular weight is 697 g/mol. The molecule has 0 aliphatic heterocycles. The second-order valence-corrected chi connectivity index (χ2v) is 26.7. The normalized spacial score (nSPS) is 19.0. The molecule has 3 rings (SSSR count). The largest absolute Gasteiger partial charge is 0.380 e. The van der Waals surface area contributed by atoms with Crippen molar-refractivity contribution in [3.05, 3.63) is 71.8 Å². The number of hydrogen-bond acceptors (Lipinski definition) is 6. The van der Waals surface area contributed by atoms with E-state index in [0.717, 1.165) is 36.8 Å². The van der Waals surface area contributed by atoms with Crippen LogP contribution in [0.1, 0.15) is 78.4 Å². The maximum atomic E-state index is 14.0. The van der Waals surface area contributed by atoms with E-state index in [1.54, 1.807) is 0 Å². The number of benzene rings is 2. The summed E-state index contributed by atoms with van der Waals surface area (Å²) in [6.45, 7) is 23.4. The highest BCUT2D eigenvalue weighted by Gasteiger charge is 2.41. The van der Waals surface area contributed by atoms with Gasteiger partial charge in [-0.15, -0.1) is 0 Å². The minimum atomic E-state index is -2.12. The smallest absolute Gasteiger partial charge is 0.231 e. The fraction of sp³-hybridized carbons (Fsp3) is 0.632. The highest BCUT2D eigenvalue weighted by molar-refractivity contribution is 6.80. The van der Waals surface area contributed by atoms with Crippen LogP contribution in [-0.4, -0.2) is 65.7 Å². The van der Waals surface area contributed by atoms with Gasteiger partial charge in [0.25, 0.3) is 0 Å². The van der Waals surface area contributed by atoms with E-state index >= 15 is 0 Å². The quantitative estimate of drug-likeness (QED) is 0.143. The van der Waals surface area contributed by atoms with Crippen molar-refractivity contribution < 1.29 is 19.1 Å². The molecule has 1 fully saturated rings. The van der Waals surface area contributed by atoms with Gasteiger partial charge in [-0.05, 0) is 34.0 Å². The maximum Gasteiger partial charge on any atom is 0.231 e. The fourth-order valence-electron chi connectivity index (χ4n) is 5.35. The third-order valence-corrected chi connectivity index (χ3v) is 19.9. The Bertz CT molecular complexity index is 1180. The van der Waals surface area contributed by atoms with Crippen molar-refractivity contribution in [2.24, 2.45) is 0 Å². The van der Waals surface area contributed by atoms with Gasteiger partial charge >= 0.3 is 0 Å². The van der Waals surface area contributed by atoms with Crippen LogP contribution in [0.15, 0.2) is 60.7 Å². The Balaban J connectivity index is 1.80. The molecular weight excluding hydrogens is 633 g/mol. The van der Waals surface area contributed by atoms with E-state index in [2.05, 4.69) is 88.3 Å². The number of rotatable bonds is 16. The summed E-state index contributed by atoms with van der Waals surface area (Å²) in [5, 5.41) is 7.44. The lowest BCUT2D eigenvalue weighted by molar-refractivity contribution is -0.125. The molecule has 1 saturated carbocycles. The summed E-state index contributed by atoms with van der Waals surface area (Å²) in [6, 6.07) is 19.1. The maximum absolute atomic E-state index is 14.0. The van der Waals surface area contributed by atoms with E-state index in [0.29, 0.717) is 13.2 Å². The second kappa shape index (κ2) is 17.5. The lowest BCUT2D eigenvalue weighted by Crippen LogP contribution is -2.65. The Labute approximate surface area is 293 Å². The summed E-state index contributed by atoms with van der Waals surface area (Å²) in [4.78, 5) is 34.8. The number of nitrogens with one attached hydrogen (secondary N) is 4. The lowest BCUT2D eigenvalue weighted by atomic mass is 9.89. The SMILES string of the molecule is CC(C)(C)[Si](C)(C)NC(=O)[C@H](COCc1ccccc1)N[C@H]1CCCC[C@@H]1N[C@@H](COCc1ccccc1)C(=O)N[Si](C)(C)C(C)(C)C. The van der Waals surface area contributed by atoms with Gasteiger partial charge < -0.3 is 19.4 Å². The van der Waals surface area contributed by atoms with Gasteiger partial charge in [-0.1, -0.05) is 141 Å². The third-order valence-electron chi connectivity index (χ3n) is 10.6. The second-order valence-electron chi connectivity index (χ2n) is 16.7. The van der Waals surface area contributed by atoms with E-state index in [9.17, 15) is 9.59 Å². The molecule has 0 aromatic heterocycles. The molecule has 0 saturated heterocycles. The van der Waals surface area contributed by atoms with Crippen LogP contribution < -0.4 is 20.6 Å². The molecular formula is C38H64N4O4Si2. The molecule has 4 N–H and O–H groups in total. The van der Waals surface area contributed by atoms with Crippen molar-refractivity contribution in [2.45, 2.75) is 141 Å². The van der Waals surface area contributed by atoms with Crippen LogP contribution in [-0.2, 0) is 32.3 Å². The summed E-state index contributed by atoms with van der Waals surface area (Å²) in [5.74, 6) is -0.0326. The number of hydrogen-bond donors (Lipinski definition) is 4. The molecule has 2 amide bonds. The topological polar surface area (TPSA) is 101 Å². The molecule has 48 heavy (non-hydrogen) atoms. The van der Waals surface area contributed by atoms with Crippen LogP contribution >= 0.6 is 0 Å². The summed E-state index contributed by atoms with van der Waals surface area (Å²) >= 11 is 0. The van der Waals surface area contributed by atoms with Crippen LogP contribution in [0.25, 0.3) is 0 Å². The molecule has 1 aliphatic rings. The van der Waals surface area contributed by atoms with Crippen molar-refractivity contribution in [3.63, 3.8) is 0 Å². The molecule has 4 atom stereocenters. The van der Waals surface area contributed by atoms with Crippen molar-refractivity contribution in [2.75, 3.05) is 13.2 Å². The summed E-state index contributed by atoms with van der Waals surface area (Å²) in [7, 11) is -4.23. The highest BCUT2D eigenvalue weighted by Crippen LogP contribution is 2.34. The van der Waals surface area contributed by atoms with Crippen LogP contribution in [0.2, 0.25) is 36.3 Å². The molecule has 8 nitrogen and oxygen atoms in total. The molecule has 0 bridgehead atoms. The summed E-state index contributed by atoms with van der Waals surface area (Å²) in [5.41, 5.74) is 2.15. The first-order valence-corrected chi connectivity index (χ1v) is 23.8. The molecule has 268 valence electrons. The van der Waals surface area contributed by atoms with E-state index in [1.807, 2.05) is 60.7 Å². The van der Waals surface area contributed by atoms with E-state index in [-0.39, 0.29) is 47.2 Å². The Kier molecular flexibility index (Phi) is 14.6. The van der Waals surface area contributed by atoms with Crippen molar-refractivity contribution >= 4 is 28.3 Å². The van der Waals surface area contributed by atoms with Gasteiger partial charge in [-0.25, -0.2) is 0 Å². The summed E-state index contributed by atoms with van der Waals surface area (Å²) < 4.78 is 12.3. The first-order chi connectivity index (χ1) is 22.4. The fourth-order valence-corrected chi connectivity index (χ4v) is 7.68. The zero-order chi connectivity index (χ0) is 35.6. The van der Waals surface area contributed by atoms with Crippen molar-refractivity contribution in [1.29, 1.82) is 0 Å². The number of amides is 2. The Hall–Kier alpha value is -2.35. The van der Waals surface area contributed by atoms with Gasteiger partial charge in [-0.2, -0.15) is 0 Å². The van der Waals surface area contributed by atoms with Crippen LogP contribution in [0, 0.1) is 0 Å². The lowest BCUT2D eigenvalue weighted by Gasteiger charge is -2.41. The van der Waals surface area contributed by atoms with Crippen LogP contribution in [0.5, 0.6) is 0 Å².